The lowest BCUT2D eigenvalue weighted by Gasteiger charge is -2.44. The van der Waals surface area contributed by atoms with Crippen molar-refractivity contribution in [3.05, 3.63) is 28.8 Å². The van der Waals surface area contributed by atoms with E-state index in [9.17, 15) is 4.79 Å². The zero-order valence-corrected chi connectivity index (χ0v) is 11.3. The highest BCUT2D eigenvalue weighted by Crippen LogP contribution is 2.34. The number of carbonyl (C=O) groups excluding carboxylic acids is 1. The van der Waals surface area contributed by atoms with Gasteiger partial charge >= 0.3 is 0 Å². The molecule has 1 aliphatic rings. The second-order valence-corrected chi connectivity index (χ2v) is 5.80. The molecule has 2 rings (SSSR count). The van der Waals surface area contributed by atoms with Crippen molar-refractivity contribution in [1.29, 1.82) is 0 Å². The van der Waals surface area contributed by atoms with E-state index in [0.717, 1.165) is 22.7 Å². The van der Waals surface area contributed by atoms with Crippen LogP contribution >= 0.6 is 11.6 Å². The average Bonchev–Trinajstić information content (AvgIpc) is 2.23. The van der Waals surface area contributed by atoms with E-state index in [1.807, 2.05) is 25.1 Å². The van der Waals surface area contributed by atoms with Crippen LogP contribution in [0.2, 0.25) is 5.02 Å². The Kier molecular flexibility index (Phi) is 3.17. The molecule has 17 heavy (non-hydrogen) atoms. The number of hydrogen-bond donors (Lipinski definition) is 0. The van der Waals surface area contributed by atoms with Gasteiger partial charge in [0.2, 0.25) is 0 Å². The Balaban J connectivity index is 2.39. The van der Waals surface area contributed by atoms with Crippen LogP contribution in [0.15, 0.2) is 18.2 Å². The third kappa shape index (κ3) is 2.47. The van der Waals surface area contributed by atoms with Gasteiger partial charge in [-0.15, -0.1) is 0 Å². The molecule has 0 bridgehead atoms. The van der Waals surface area contributed by atoms with Crippen LogP contribution in [0, 0.1) is 6.92 Å². The molecule has 3 heteroatoms. The molecule has 0 unspecified atom stereocenters. The van der Waals surface area contributed by atoms with E-state index in [1.54, 1.807) is 0 Å². The summed E-state index contributed by atoms with van der Waals surface area (Å²) in [6.45, 7) is 6.92. The number of nitrogens with zero attached hydrogens (tertiary/aromatic N) is 1. The van der Waals surface area contributed by atoms with Gasteiger partial charge in [-0.05, 0) is 51.0 Å². The fourth-order valence-electron chi connectivity index (χ4n) is 2.38. The summed E-state index contributed by atoms with van der Waals surface area (Å²) in [6.07, 6.45) is 1.60. The third-order valence-corrected chi connectivity index (χ3v) is 3.77. The summed E-state index contributed by atoms with van der Waals surface area (Å²) in [6, 6.07) is 5.85. The van der Waals surface area contributed by atoms with E-state index < -0.39 is 0 Å². The van der Waals surface area contributed by atoms with E-state index >= 15 is 0 Å². The van der Waals surface area contributed by atoms with Crippen LogP contribution in [-0.4, -0.2) is 17.9 Å². The molecule has 1 aromatic carbocycles. The molecule has 0 aliphatic carbocycles. The molecule has 1 aromatic rings. The van der Waals surface area contributed by atoms with Crippen molar-refractivity contribution < 1.29 is 4.79 Å². The Bertz CT molecular complexity index is 454. The van der Waals surface area contributed by atoms with Crippen molar-refractivity contribution >= 4 is 23.1 Å². The summed E-state index contributed by atoms with van der Waals surface area (Å²) in [7, 11) is 0. The standard InChI is InChI=1S/C14H18ClNO/c1-10-8-11(15)4-5-13(10)16-9-12(17)6-7-14(16,2)3/h4-5,8H,6-7,9H2,1-3H3. The molecule has 0 amide bonds. The molecule has 2 nitrogen and oxygen atoms in total. The lowest BCUT2D eigenvalue weighted by Crippen LogP contribution is -2.51. The first-order valence-electron chi connectivity index (χ1n) is 5.96. The molecule has 0 spiro atoms. The highest BCUT2D eigenvalue weighted by Gasteiger charge is 2.33. The summed E-state index contributed by atoms with van der Waals surface area (Å²) in [4.78, 5) is 13.8. The molecular weight excluding hydrogens is 234 g/mol. The van der Waals surface area contributed by atoms with E-state index in [-0.39, 0.29) is 5.54 Å². The summed E-state index contributed by atoms with van der Waals surface area (Å²) in [5.74, 6) is 0.318. The number of aryl methyl sites for hydroxylation is 1. The third-order valence-electron chi connectivity index (χ3n) is 3.53. The Labute approximate surface area is 108 Å². The number of carbonyl (C=O) groups is 1. The van der Waals surface area contributed by atoms with Crippen molar-refractivity contribution in [2.45, 2.75) is 39.2 Å². The summed E-state index contributed by atoms with van der Waals surface area (Å²) < 4.78 is 0. The maximum atomic E-state index is 11.6. The van der Waals surface area contributed by atoms with Crippen LogP contribution in [0.3, 0.4) is 0 Å². The molecule has 92 valence electrons. The minimum atomic E-state index is 0.0342. The summed E-state index contributed by atoms with van der Waals surface area (Å²) in [5.41, 5.74) is 2.28. The fraction of sp³-hybridized carbons (Fsp3) is 0.500. The van der Waals surface area contributed by atoms with Gasteiger partial charge in [0, 0.05) is 22.7 Å². The molecule has 0 N–H and O–H groups in total. The lowest BCUT2D eigenvalue weighted by molar-refractivity contribution is -0.119. The SMILES string of the molecule is Cc1cc(Cl)ccc1N1CC(=O)CCC1(C)C. The highest BCUT2D eigenvalue weighted by molar-refractivity contribution is 6.30. The van der Waals surface area contributed by atoms with Crippen molar-refractivity contribution in [1.82, 2.24) is 0 Å². The molecule has 1 fully saturated rings. The van der Waals surface area contributed by atoms with Crippen LogP contribution in [0.5, 0.6) is 0 Å². The topological polar surface area (TPSA) is 20.3 Å². The first kappa shape index (κ1) is 12.4. The van der Waals surface area contributed by atoms with Gasteiger partial charge in [-0.2, -0.15) is 0 Å². The normalized spacial score (nSPS) is 19.5. The molecule has 0 aromatic heterocycles. The van der Waals surface area contributed by atoms with Gasteiger partial charge in [-0.25, -0.2) is 0 Å². The molecule has 0 radical (unpaired) electrons. The van der Waals surface area contributed by atoms with Gasteiger partial charge in [-0.3, -0.25) is 4.79 Å². The average molecular weight is 252 g/mol. The van der Waals surface area contributed by atoms with Gasteiger partial charge < -0.3 is 4.90 Å². The fourth-order valence-corrected chi connectivity index (χ4v) is 2.61. The molecule has 0 atom stereocenters. The number of ketones is 1. The number of Topliss-reactive ketones (excluding diaryl/α,β-unsaturated/α-hetero) is 1. The Morgan fingerprint density at radius 1 is 1.35 bits per heavy atom. The van der Waals surface area contributed by atoms with Crippen LogP contribution in [0.25, 0.3) is 0 Å². The van der Waals surface area contributed by atoms with Gasteiger partial charge in [0.05, 0.1) is 6.54 Å². The van der Waals surface area contributed by atoms with E-state index in [1.165, 1.54) is 0 Å². The Hall–Kier alpha value is -1.02. The Morgan fingerprint density at radius 2 is 2.06 bits per heavy atom. The van der Waals surface area contributed by atoms with Gasteiger partial charge in [0.1, 0.15) is 0 Å². The number of piperidine rings is 1. The van der Waals surface area contributed by atoms with Crippen molar-refractivity contribution in [3.8, 4) is 0 Å². The number of anilines is 1. The maximum Gasteiger partial charge on any atom is 0.152 e. The van der Waals surface area contributed by atoms with Gasteiger partial charge in [0.15, 0.2) is 5.78 Å². The monoisotopic (exact) mass is 251 g/mol. The largest absolute Gasteiger partial charge is 0.359 e. The first-order valence-corrected chi connectivity index (χ1v) is 6.33. The Morgan fingerprint density at radius 3 is 2.71 bits per heavy atom. The molecule has 1 heterocycles. The number of benzene rings is 1. The number of rotatable bonds is 1. The second kappa shape index (κ2) is 4.34. The van der Waals surface area contributed by atoms with Crippen molar-refractivity contribution in [2.24, 2.45) is 0 Å². The van der Waals surface area contributed by atoms with Crippen LogP contribution < -0.4 is 4.90 Å². The summed E-state index contributed by atoms with van der Waals surface area (Å²) in [5, 5.41) is 0.743. The number of halogens is 1. The second-order valence-electron chi connectivity index (χ2n) is 5.37. The lowest BCUT2D eigenvalue weighted by atomic mass is 9.88. The van der Waals surface area contributed by atoms with Crippen molar-refractivity contribution in [3.63, 3.8) is 0 Å². The smallest absolute Gasteiger partial charge is 0.152 e. The number of hydrogen-bond acceptors (Lipinski definition) is 2. The quantitative estimate of drug-likeness (QED) is 0.760. The van der Waals surface area contributed by atoms with Crippen molar-refractivity contribution in [2.75, 3.05) is 11.4 Å². The molecular formula is C14H18ClNO. The molecule has 0 saturated carbocycles. The van der Waals surface area contributed by atoms with E-state index in [0.29, 0.717) is 18.7 Å². The van der Waals surface area contributed by atoms with Crippen LogP contribution in [0.4, 0.5) is 5.69 Å². The maximum absolute atomic E-state index is 11.6. The minimum Gasteiger partial charge on any atom is -0.359 e. The van der Waals surface area contributed by atoms with Crippen LogP contribution in [-0.2, 0) is 4.79 Å². The van der Waals surface area contributed by atoms with E-state index in [2.05, 4.69) is 18.7 Å². The van der Waals surface area contributed by atoms with Gasteiger partial charge in [-0.1, -0.05) is 11.6 Å². The van der Waals surface area contributed by atoms with Crippen LogP contribution in [0.1, 0.15) is 32.3 Å². The minimum absolute atomic E-state index is 0.0342. The zero-order valence-electron chi connectivity index (χ0n) is 10.6. The van der Waals surface area contributed by atoms with Gasteiger partial charge in [0.25, 0.3) is 0 Å². The van der Waals surface area contributed by atoms with E-state index in [4.69, 9.17) is 11.6 Å². The predicted octanol–water partition coefficient (Wildman–Crippen LogP) is 3.60. The zero-order chi connectivity index (χ0) is 12.6. The predicted molar refractivity (Wildman–Crippen MR) is 71.9 cm³/mol. The summed E-state index contributed by atoms with van der Waals surface area (Å²) >= 11 is 5.97. The molecule has 1 aliphatic heterocycles. The first-order chi connectivity index (χ1) is 7.90. The molecule has 1 saturated heterocycles. The highest BCUT2D eigenvalue weighted by atomic mass is 35.5.